The highest BCUT2D eigenvalue weighted by atomic mass is 35.5. The Bertz CT molecular complexity index is 563. The Morgan fingerprint density at radius 2 is 2.09 bits per heavy atom. The molecule has 1 fully saturated rings. The summed E-state index contributed by atoms with van der Waals surface area (Å²) >= 11 is 6.07. The summed E-state index contributed by atoms with van der Waals surface area (Å²) in [5, 5.41) is 6.33. The zero-order valence-corrected chi connectivity index (χ0v) is 14.4. The average molecular weight is 338 g/mol. The van der Waals surface area contributed by atoms with E-state index in [0.29, 0.717) is 29.7 Å². The van der Waals surface area contributed by atoms with Gasteiger partial charge in [0, 0.05) is 25.6 Å². The van der Waals surface area contributed by atoms with Gasteiger partial charge in [-0.2, -0.15) is 0 Å². The van der Waals surface area contributed by atoms with Crippen LogP contribution in [0.3, 0.4) is 0 Å². The molecule has 3 amide bonds. The minimum absolute atomic E-state index is 0.0155. The second kappa shape index (κ2) is 8.20. The van der Waals surface area contributed by atoms with E-state index >= 15 is 0 Å². The van der Waals surface area contributed by atoms with Gasteiger partial charge in [0.2, 0.25) is 5.91 Å². The maximum Gasteiger partial charge on any atom is 0.321 e. The molecule has 1 aromatic carbocycles. The number of hydrogen-bond acceptors (Lipinski definition) is 2. The zero-order valence-electron chi connectivity index (χ0n) is 13.6. The molecule has 2 N–H and O–H groups in total. The molecule has 1 aliphatic rings. The highest BCUT2D eigenvalue weighted by Gasteiger charge is 2.24. The minimum atomic E-state index is -0.141. The predicted molar refractivity (Wildman–Crippen MR) is 92.6 cm³/mol. The van der Waals surface area contributed by atoms with Crippen LogP contribution in [0.5, 0.6) is 0 Å². The summed E-state index contributed by atoms with van der Waals surface area (Å²) in [6, 6.07) is 7.05. The van der Waals surface area contributed by atoms with Gasteiger partial charge < -0.3 is 15.5 Å². The zero-order chi connectivity index (χ0) is 16.8. The van der Waals surface area contributed by atoms with Gasteiger partial charge in [-0.15, -0.1) is 0 Å². The molecule has 1 unspecified atom stereocenters. The molecular formula is C17H24ClN3O2. The minimum Gasteiger partial charge on any atom is -0.356 e. The fourth-order valence-electron chi connectivity index (χ4n) is 2.62. The quantitative estimate of drug-likeness (QED) is 0.885. The van der Waals surface area contributed by atoms with Crippen LogP contribution in [-0.2, 0) is 4.79 Å². The first-order chi connectivity index (χ1) is 11.0. The van der Waals surface area contributed by atoms with E-state index in [4.69, 9.17) is 11.6 Å². The Labute approximate surface area is 142 Å². The number of carbonyl (C=O) groups is 2. The van der Waals surface area contributed by atoms with Crippen molar-refractivity contribution in [1.29, 1.82) is 0 Å². The van der Waals surface area contributed by atoms with E-state index in [1.165, 1.54) is 0 Å². The van der Waals surface area contributed by atoms with Crippen molar-refractivity contribution < 1.29 is 9.59 Å². The third-order valence-corrected chi connectivity index (χ3v) is 4.34. The van der Waals surface area contributed by atoms with E-state index in [1.807, 2.05) is 26.0 Å². The van der Waals surface area contributed by atoms with Crippen molar-refractivity contribution in [2.24, 2.45) is 11.8 Å². The van der Waals surface area contributed by atoms with E-state index in [-0.39, 0.29) is 17.9 Å². The average Bonchev–Trinajstić information content (AvgIpc) is 2.54. The molecule has 1 aromatic rings. The topological polar surface area (TPSA) is 61.4 Å². The summed E-state index contributed by atoms with van der Waals surface area (Å²) in [4.78, 5) is 25.8. The van der Waals surface area contributed by atoms with E-state index < -0.39 is 0 Å². The first kappa shape index (κ1) is 17.6. The molecule has 0 bridgehead atoms. The number of anilines is 1. The Kier molecular flexibility index (Phi) is 6.28. The van der Waals surface area contributed by atoms with E-state index in [0.717, 1.165) is 19.4 Å². The number of benzene rings is 1. The normalized spacial score (nSPS) is 17.9. The number of rotatable bonds is 4. The van der Waals surface area contributed by atoms with Crippen LogP contribution >= 0.6 is 11.6 Å². The summed E-state index contributed by atoms with van der Waals surface area (Å²) in [5.74, 6) is 0.337. The van der Waals surface area contributed by atoms with Gasteiger partial charge in [0.05, 0.1) is 10.7 Å². The molecule has 0 saturated carbocycles. The highest BCUT2D eigenvalue weighted by Crippen LogP contribution is 2.22. The lowest BCUT2D eigenvalue weighted by Crippen LogP contribution is -2.45. The van der Waals surface area contributed by atoms with E-state index in [1.54, 1.807) is 17.0 Å². The number of carbonyl (C=O) groups excluding carboxylic acids is 2. The number of para-hydroxylation sites is 1. The maximum absolute atomic E-state index is 12.4. The molecule has 1 saturated heterocycles. The van der Waals surface area contributed by atoms with Crippen LogP contribution in [0.25, 0.3) is 0 Å². The molecule has 0 spiro atoms. The summed E-state index contributed by atoms with van der Waals surface area (Å²) in [5.41, 5.74) is 0.620. The second-order valence-corrected chi connectivity index (χ2v) is 6.67. The Hall–Kier alpha value is -1.75. The third kappa shape index (κ3) is 5.13. The number of urea groups is 1. The molecule has 1 atom stereocenters. The van der Waals surface area contributed by atoms with Crippen molar-refractivity contribution in [1.82, 2.24) is 10.2 Å². The van der Waals surface area contributed by atoms with Crippen LogP contribution in [0.2, 0.25) is 5.02 Å². The van der Waals surface area contributed by atoms with Crippen molar-refractivity contribution in [3.05, 3.63) is 29.3 Å². The number of halogens is 1. The van der Waals surface area contributed by atoms with Crippen molar-refractivity contribution in [3.8, 4) is 0 Å². The molecule has 126 valence electrons. The van der Waals surface area contributed by atoms with Crippen molar-refractivity contribution in [2.75, 3.05) is 25.0 Å². The number of amides is 3. The lowest BCUT2D eigenvalue weighted by atomic mass is 9.98. The molecule has 2 rings (SSSR count). The third-order valence-electron chi connectivity index (χ3n) is 4.01. The van der Waals surface area contributed by atoms with Gasteiger partial charge in [0.1, 0.15) is 0 Å². The maximum atomic E-state index is 12.4. The number of piperidine rings is 1. The van der Waals surface area contributed by atoms with Crippen LogP contribution in [0.4, 0.5) is 10.5 Å². The second-order valence-electron chi connectivity index (χ2n) is 6.26. The van der Waals surface area contributed by atoms with Crippen molar-refractivity contribution in [3.63, 3.8) is 0 Å². The van der Waals surface area contributed by atoms with Crippen LogP contribution in [0.1, 0.15) is 26.7 Å². The lowest BCUT2D eigenvalue weighted by molar-refractivity contribution is -0.124. The van der Waals surface area contributed by atoms with Gasteiger partial charge in [0.15, 0.2) is 0 Å². The molecule has 0 aliphatic carbocycles. The molecule has 1 aliphatic heterocycles. The molecule has 6 heteroatoms. The van der Waals surface area contributed by atoms with Crippen LogP contribution < -0.4 is 10.6 Å². The van der Waals surface area contributed by atoms with Crippen LogP contribution in [0, 0.1) is 11.8 Å². The first-order valence-corrected chi connectivity index (χ1v) is 8.43. The van der Waals surface area contributed by atoms with Gasteiger partial charge >= 0.3 is 6.03 Å². The predicted octanol–water partition coefficient (Wildman–Crippen LogP) is 3.36. The standard InChI is InChI=1S/C17H24ClN3O2/c1-12(2)16(22)19-10-13-6-5-9-21(11-13)17(23)20-15-8-4-3-7-14(15)18/h3-4,7-8,12-13H,5-6,9-11H2,1-2H3,(H,19,22)(H,20,23). The van der Waals surface area contributed by atoms with Gasteiger partial charge in [-0.05, 0) is 30.9 Å². The molecule has 0 aromatic heterocycles. The number of nitrogens with zero attached hydrogens (tertiary/aromatic N) is 1. The number of nitrogens with one attached hydrogen (secondary N) is 2. The van der Waals surface area contributed by atoms with E-state index in [9.17, 15) is 9.59 Å². The SMILES string of the molecule is CC(C)C(=O)NCC1CCCN(C(=O)Nc2ccccc2Cl)C1. The molecular weight excluding hydrogens is 314 g/mol. The highest BCUT2D eigenvalue weighted by molar-refractivity contribution is 6.33. The summed E-state index contributed by atoms with van der Waals surface area (Å²) in [6.07, 6.45) is 1.96. The fourth-order valence-corrected chi connectivity index (χ4v) is 2.81. The van der Waals surface area contributed by atoms with Crippen LogP contribution in [-0.4, -0.2) is 36.5 Å². The fraction of sp³-hybridized carbons (Fsp3) is 0.529. The molecule has 23 heavy (non-hydrogen) atoms. The first-order valence-electron chi connectivity index (χ1n) is 8.05. The monoisotopic (exact) mass is 337 g/mol. The Balaban J connectivity index is 1.86. The van der Waals surface area contributed by atoms with Crippen LogP contribution in [0.15, 0.2) is 24.3 Å². The smallest absolute Gasteiger partial charge is 0.321 e. The molecule has 1 heterocycles. The lowest BCUT2D eigenvalue weighted by Gasteiger charge is -2.33. The van der Waals surface area contributed by atoms with Crippen molar-refractivity contribution >= 4 is 29.2 Å². The van der Waals surface area contributed by atoms with E-state index in [2.05, 4.69) is 10.6 Å². The summed E-state index contributed by atoms with van der Waals surface area (Å²) in [6.45, 7) is 5.74. The molecule has 0 radical (unpaired) electrons. The van der Waals surface area contributed by atoms with Gasteiger partial charge in [0.25, 0.3) is 0 Å². The number of likely N-dealkylation sites (tertiary alicyclic amines) is 1. The van der Waals surface area contributed by atoms with Gasteiger partial charge in [-0.3, -0.25) is 4.79 Å². The summed E-state index contributed by atoms with van der Waals surface area (Å²) in [7, 11) is 0. The largest absolute Gasteiger partial charge is 0.356 e. The van der Waals surface area contributed by atoms with Gasteiger partial charge in [-0.25, -0.2) is 4.79 Å². The van der Waals surface area contributed by atoms with Gasteiger partial charge in [-0.1, -0.05) is 37.6 Å². The Morgan fingerprint density at radius 3 is 2.78 bits per heavy atom. The Morgan fingerprint density at radius 1 is 1.35 bits per heavy atom. The number of hydrogen-bond donors (Lipinski definition) is 2. The summed E-state index contributed by atoms with van der Waals surface area (Å²) < 4.78 is 0. The molecule has 5 nitrogen and oxygen atoms in total. The van der Waals surface area contributed by atoms with Crippen molar-refractivity contribution in [2.45, 2.75) is 26.7 Å².